The zero-order valence-electron chi connectivity index (χ0n) is 10.9. The highest BCUT2D eigenvalue weighted by Crippen LogP contribution is 2.01. The number of rotatable bonds is 7. The SMILES string of the molecule is CCOC(=O)CC[CH]NC(=O)OCc1ccccc1. The lowest BCUT2D eigenvalue weighted by atomic mass is 10.2. The summed E-state index contributed by atoms with van der Waals surface area (Å²) in [6, 6.07) is 9.40. The van der Waals surface area contributed by atoms with Gasteiger partial charge in [0.15, 0.2) is 0 Å². The van der Waals surface area contributed by atoms with Crippen molar-refractivity contribution in [1.82, 2.24) is 5.32 Å². The Morgan fingerprint density at radius 2 is 1.95 bits per heavy atom. The Morgan fingerprint density at radius 1 is 1.21 bits per heavy atom. The lowest BCUT2D eigenvalue weighted by Crippen LogP contribution is -2.22. The summed E-state index contributed by atoms with van der Waals surface area (Å²) >= 11 is 0. The van der Waals surface area contributed by atoms with Gasteiger partial charge in [0.25, 0.3) is 0 Å². The number of ether oxygens (including phenoxy) is 2. The van der Waals surface area contributed by atoms with Gasteiger partial charge in [-0.2, -0.15) is 0 Å². The summed E-state index contributed by atoms with van der Waals surface area (Å²) in [5.41, 5.74) is 0.921. The van der Waals surface area contributed by atoms with E-state index in [1.807, 2.05) is 30.3 Å². The molecule has 0 aliphatic heterocycles. The van der Waals surface area contributed by atoms with Crippen LogP contribution >= 0.6 is 0 Å². The van der Waals surface area contributed by atoms with Gasteiger partial charge in [-0.05, 0) is 18.9 Å². The Balaban J connectivity index is 2.07. The third-order valence-corrected chi connectivity index (χ3v) is 2.23. The van der Waals surface area contributed by atoms with Gasteiger partial charge in [0, 0.05) is 6.42 Å². The Labute approximate surface area is 112 Å². The first-order valence-corrected chi connectivity index (χ1v) is 6.17. The van der Waals surface area contributed by atoms with E-state index in [0.717, 1.165) is 5.56 Å². The van der Waals surface area contributed by atoms with Crippen molar-refractivity contribution < 1.29 is 19.1 Å². The molecule has 1 aromatic carbocycles. The molecule has 0 aliphatic carbocycles. The first kappa shape index (κ1) is 15.0. The highest BCUT2D eigenvalue weighted by molar-refractivity contribution is 5.70. The van der Waals surface area contributed by atoms with Crippen molar-refractivity contribution in [3.8, 4) is 0 Å². The first-order chi connectivity index (χ1) is 9.22. The van der Waals surface area contributed by atoms with E-state index in [9.17, 15) is 9.59 Å². The summed E-state index contributed by atoms with van der Waals surface area (Å²) in [5.74, 6) is -0.279. The summed E-state index contributed by atoms with van der Waals surface area (Å²) in [6.45, 7) is 3.83. The maximum atomic E-state index is 11.3. The third kappa shape index (κ3) is 7.08. The topological polar surface area (TPSA) is 64.6 Å². The molecule has 0 aliphatic rings. The van der Waals surface area contributed by atoms with E-state index in [2.05, 4.69) is 5.32 Å². The molecule has 0 atom stereocenters. The number of amides is 1. The summed E-state index contributed by atoms with van der Waals surface area (Å²) in [6.07, 6.45) is 0.124. The zero-order chi connectivity index (χ0) is 13.9. The van der Waals surface area contributed by atoms with Crippen LogP contribution in [0.4, 0.5) is 4.79 Å². The minimum absolute atomic E-state index is 0.221. The summed E-state index contributed by atoms with van der Waals surface area (Å²) in [4.78, 5) is 22.3. The first-order valence-electron chi connectivity index (χ1n) is 6.17. The average Bonchev–Trinajstić information content (AvgIpc) is 2.43. The average molecular weight is 264 g/mol. The summed E-state index contributed by atoms with van der Waals surface area (Å²) < 4.78 is 9.74. The van der Waals surface area contributed by atoms with Crippen LogP contribution < -0.4 is 5.32 Å². The van der Waals surface area contributed by atoms with Gasteiger partial charge in [-0.25, -0.2) is 4.79 Å². The van der Waals surface area contributed by atoms with E-state index >= 15 is 0 Å². The van der Waals surface area contributed by atoms with Crippen molar-refractivity contribution in [1.29, 1.82) is 0 Å². The van der Waals surface area contributed by atoms with Crippen molar-refractivity contribution in [3.63, 3.8) is 0 Å². The molecule has 0 saturated heterocycles. The minimum atomic E-state index is -0.535. The molecule has 1 rings (SSSR count). The van der Waals surface area contributed by atoms with Crippen LogP contribution in [0.1, 0.15) is 25.3 Å². The molecule has 1 N–H and O–H groups in total. The Kier molecular flexibility index (Phi) is 7.09. The minimum Gasteiger partial charge on any atom is -0.466 e. The Bertz CT molecular complexity index is 392. The van der Waals surface area contributed by atoms with Crippen LogP contribution in [0.3, 0.4) is 0 Å². The van der Waals surface area contributed by atoms with Crippen molar-refractivity contribution in [2.75, 3.05) is 6.61 Å². The smallest absolute Gasteiger partial charge is 0.407 e. The maximum absolute atomic E-state index is 11.3. The van der Waals surface area contributed by atoms with Crippen molar-refractivity contribution in [3.05, 3.63) is 42.4 Å². The largest absolute Gasteiger partial charge is 0.466 e. The van der Waals surface area contributed by atoms with Gasteiger partial charge in [0.1, 0.15) is 6.61 Å². The summed E-state index contributed by atoms with van der Waals surface area (Å²) in [7, 11) is 0. The van der Waals surface area contributed by atoms with Crippen LogP contribution in [0.15, 0.2) is 30.3 Å². The molecule has 1 aromatic rings. The normalized spacial score (nSPS) is 9.74. The second-order valence-corrected chi connectivity index (χ2v) is 3.75. The van der Waals surface area contributed by atoms with Gasteiger partial charge in [-0.3, -0.25) is 4.79 Å². The molecular formula is C14H18NO4. The second-order valence-electron chi connectivity index (χ2n) is 3.75. The predicted molar refractivity (Wildman–Crippen MR) is 69.9 cm³/mol. The number of hydrogen-bond acceptors (Lipinski definition) is 4. The van der Waals surface area contributed by atoms with E-state index < -0.39 is 6.09 Å². The molecule has 5 heteroatoms. The third-order valence-electron chi connectivity index (χ3n) is 2.23. The van der Waals surface area contributed by atoms with Crippen LogP contribution in [-0.4, -0.2) is 18.7 Å². The van der Waals surface area contributed by atoms with Crippen LogP contribution in [0.25, 0.3) is 0 Å². The fourth-order valence-electron chi connectivity index (χ4n) is 1.34. The highest BCUT2D eigenvalue weighted by atomic mass is 16.5. The number of benzene rings is 1. The van der Waals surface area contributed by atoms with Gasteiger partial charge in [-0.1, -0.05) is 30.3 Å². The number of nitrogens with one attached hydrogen (secondary N) is 1. The number of carbonyl (C=O) groups excluding carboxylic acids is 2. The molecule has 0 spiro atoms. The molecule has 5 nitrogen and oxygen atoms in total. The van der Waals surface area contributed by atoms with E-state index in [1.54, 1.807) is 6.92 Å². The predicted octanol–water partition coefficient (Wildman–Crippen LogP) is 2.42. The highest BCUT2D eigenvalue weighted by Gasteiger charge is 2.04. The molecule has 0 heterocycles. The maximum Gasteiger partial charge on any atom is 0.407 e. The Morgan fingerprint density at radius 3 is 2.63 bits per heavy atom. The van der Waals surface area contributed by atoms with E-state index in [4.69, 9.17) is 9.47 Å². The van der Waals surface area contributed by atoms with Gasteiger partial charge in [0.05, 0.1) is 13.2 Å². The van der Waals surface area contributed by atoms with Gasteiger partial charge in [0.2, 0.25) is 0 Å². The number of hydrogen-bond donors (Lipinski definition) is 1. The van der Waals surface area contributed by atoms with E-state index in [1.165, 1.54) is 6.54 Å². The number of esters is 1. The standard InChI is InChI=1S/C14H18NO4/c1-2-18-13(16)9-6-10-15-14(17)19-11-12-7-4-3-5-8-12/h3-5,7-8,10H,2,6,9,11H2,1H3,(H,15,17). The molecule has 1 radical (unpaired) electrons. The fourth-order valence-corrected chi connectivity index (χ4v) is 1.34. The molecule has 0 unspecified atom stereocenters. The van der Waals surface area contributed by atoms with Crippen LogP contribution in [0.2, 0.25) is 0 Å². The molecule has 19 heavy (non-hydrogen) atoms. The van der Waals surface area contributed by atoms with Crippen molar-refractivity contribution >= 4 is 12.1 Å². The van der Waals surface area contributed by atoms with Crippen LogP contribution in [-0.2, 0) is 20.9 Å². The van der Waals surface area contributed by atoms with Gasteiger partial charge >= 0.3 is 12.1 Å². The Hall–Kier alpha value is -2.04. The van der Waals surface area contributed by atoms with E-state index in [0.29, 0.717) is 13.0 Å². The second kappa shape index (κ2) is 8.97. The number of alkyl carbamates (subject to hydrolysis) is 1. The van der Waals surface area contributed by atoms with Crippen LogP contribution in [0, 0.1) is 6.54 Å². The lowest BCUT2D eigenvalue weighted by molar-refractivity contribution is -0.143. The molecule has 103 valence electrons. The zero-order valence-corrected chi connectivity index (χ0v) is 10.9. The molecular weight excluding hydrogens is 246 g/mol. The van der Waals surface area contributed by atoms with E-state index in [-0.39, 0.29) is 19.0 Å². The molecule has 0 aromatic heterocycles. The van der Waals surface area contributed by atoms with Gasteiger partial charge in [-0.15, -0.1) is 0 Å². The molecule has 0 fully saturated rings. The molecule has 0 saturated carbocycles. The monoisotopic (exact) mass is 264 g/mol. The quantitative estimate of drug-likeness (QED) is 0.606. The van der Waals surface area contributed by atoms with Crippen LogP contribution in [0.5, 0.6) is 0 Å². The summed E-state index contributed by atoms with van der Waals surface area (Å²) in [5, 5.41) is 2.46. The number of carbonyl (C=O) groups is 2. The van der Waals surface area contributed by atoms with Crippen molar-refractivity contribution in [2.45, 2.75) is 26.4 Å². The fraction of sp³-hybridized carbons (Fsp3) is 0.357. The molecule has 0 bridgehead atoms. The molecule has 1 amide bonds. The lowest BCUT2D eigenvalue weighted by Gasteiger charge is -2.06. The van der Waals surface area contributed by atoms with Crippen molar-refractivity contribution in [2.24, 2.45) is 0 Å². The van der Waals surface area contributed by atoms with Gasteiger partial charge < -0.3 is 14.8 Å².